The van der Waals surface area contributed by atoms with Crippen molar-refractivity contribution in [3.8, 4) is 0 Å². The van der Waals surface area contributed by atoms with Gasteiger partial charge >= 0.3 is 0 Å². The molecule has 0 radical (unpaired) electrons. The van der Waals surface area contributed by atoms with Gasteiger partial charge < -0.3 is 5.32 Å². The maximum atomic E-state index is 4.10. The van der Waals surface area contributed by atoms with Gasteiger partial charge in [-0.3, -0.25) is 0 Å². The van der Waals surface area contributed by atoms with Crippen molar-refractivity contribution in [2.45, 2.75) is 13.0 Å². The Morgan fingerprint density at radius 1 is 1.62 bits per heavy atom. The summed E-state index contributed by atoms with van der Waals surface area (Å²) in [4.78, 5) is 8.05. The van der Waals surface area contributed by atoms with E-state index in [2.05, 4.69) is 44.4 Å². The normalized spacial score (nSPS) is 12.5. The summed E-state index contributed by atoms with van der Waals surface area (Å²) >= 11 is 5.11. The van der Waals surface area contributed by atoms with Gasteiger partial charge in [0.1, 0.15) is 16.7 Å². The van der Waals surface area contributed by atoms with Crippen LogP contribution in [0.1, 0.15) is 6.92 Å². The third kappa shape index (κ3) is 3.95. The average molecular weight is 262 g/mol. The number of rotatable bonds is 4. The highest BCUT2D eigenvalue weighted by Crippen LogP contribution is 2.11. The standard InChI is InChI=1S/C8H12BrN3S/c1-6(4-13-2)12-8-3-7(9)10-5-11-8/h3,5-6H,4H2,1-2H3,(H,10,11,12). The van der Waals surface area contributed by atoms with Crippen molar-refractivity contribution in [2.75, 3.05) is 17.3 Å². The van der Waals surface area contributed by atoms with Gasteiger partial charge in [-0.1, -0.05) is 0 Å². The maximum absolute atomic E-state index is 4.10. The lowest BCUT2D eigenvalue weighted by atomic mass is 10.4. The van der Waals surface area contributed by atoms with Crippen LogP contribution >= 0.6 is 27.7 Å². The van der Waals surface area contributed by atoms with Gasteiger partial charge in [-0.25, -0.2) is 9.97 Å². The maximum Gasteiger partial charge on any atom is 0.130 e. The molecule has 0 saturated carbocycles. The summed E-state index contributed by atoms with van der Waals surface area (Å²) in [5.41, 5.74) is 0. The lowest BCUT2D eigenvalue weighted by Crippen LogP contribution is -2.18. The molecule has 13 heavy (non-hydrogen) atoms. The van der Waals surface area contributed by atoms with Crippen LogP contribution in [0.3, 0.4) is 0 Å². The molecule has 1 heterocycles. The minimum absolute atomic E-state index is 0.428. The Hall–Kier alpha value is -0.290. The molecule has 0 aliphatic carbocycles. The molecular weight excluding hydrogens is 250 g/mol. The number of nitrogens with one attached hydrogen (secondary N) is 1. The van der Waals surface area contributed by atoms with Crippen LogP contribution in [0.4, 0.5) is 5.82 Å². The zero-order valence-electron chi connectivity index (χ0n) is 7.62. The number of hydrogen-bond acceptors (Lipinski definition) is 4. The second kappa shape index (κ2) is 5.44. The second-order valence-electron chi connectivity index (χ2n) is 2.73. The predicted octanol–water partition coefficient (Wildman–Crippen LogP) is 2.40. The van der Waals surface area contributed by atoms with Crippen molar-refractivity contribution in [3.63, 3.8) is 0 Å². The van der Waals surface area contributed by atoms with E-state index in [1.54, 1.807) is 0 Å². The number of aromatic nitrogens is 2. The number of anilines is 1. The summed E-state index contributed by atoms with van der Waals surface area (Å²) in [7, 11) is 0. The minimum Gasteiger partial charge on any atom is -0.367 e. The van der Waals surface area contributed by atoms with Gasteiger partial charge in [0, 0.05) is 17.9 Å². The molecule has 3 nitrogen and oxygen atoms in total. The zero-order valence-corrected chi connectivity index (χ0v) is 10.0. The minimum atomic E-state index is 0.428. The van der Waals surface area contributed by atoms with Crippen molar-refractivity contribution in [1.82, 2.24) is 9.97 Å². The molecule has 0 saturated heterocycles. The van der Waals surface area contributed by atoms with Crippen molar-refractivity contribution >= 4 is 33.5 Å². The zero-order chi connectivity index (χ0) is 9.68. The molecule has 0 amide bonds. The molecule has 1 N–H and O–H groups in total. The molecule has 1 aromatic heterocycles. The number of hydrogen-bond donors (Lipinski definition) is 1. The van der Waals surface area contributed by atoms with Crippen LogP contribution in [0.15, 0.2) is 17.0 Å². The predicted molar refractivity (Wildman–Crippen MR) is 61.2 cm³/mol. The lowest BCUT2D eigenvalue weighted by Gasteiger charge is -2.12. The van der Waals surface area contributed by atoms with E-state index in [9.17, 15) is 0 Å². The summed E-state index contributed by atoms with van der Waals surface area (Å²) in [6.45, 7) is 2.13. The van der Waals surface area contributed by atoms with E-state index in [1.165, 1.54) is 6.33 Å². The van der Waals surface area contributed by atoms with E-state index in [0.29, 0.717) is 6.04 Å². The Kier molecular flexibility index (Phi) is 4.52. The monoisotopic (exact) mass is 261 g/mol. The second-order valence-corrected chi connectivity index (χ2v) is 4.45. The molecule has 1 unspecified atom stereocenters. The Morgan fingerprint density at radius 3 is 3.00 bits per heavy atom. The third-order valence-corrected chi connectivity index (χ3v) is 2.71. The third-order valence-electron chi connectivity index (χ3n) is 1.44. The van der Waals surface area contributed by atoms with Crippen LogP contribution in [0.2, 0.25) is 0 Å². The molecule has 0 aliphatic rings. The van der Waals surface area contributed by atoms with Crippen LogP contribution in [0.25, 0.3) is 0 Å². The summed E-state index contributed by atoms with van der Waals surface area (Å²) in [6, 6.07) is 2.30. The van der Waals surface area contributed by atoms with Crippen LogP contribution in [0, 0.1) is 0 Å². The summed E-state index contributed by atoms with van der Waals surface area (Å²) in [5.74, 6) is 1.94. The Balaban J connectivity index is 2.53. The summed E-state index contributed by atoms with van der Waals surface area (Å²) in [5, 5.41) is 3.28. The van der Waals surface area contributed by atoms with Crippen molar-refractivity contribution in [3.05, 3.63) is 17.0 Å². The molecule has 0 spiro atoms. The first-order chi connectivity index (χ1) is 6.22. The van der Waals surface area contributed by atoms with E-state index in [-0.39, 0.29) is 0 Å². The summed E-state index contributed by atoms with van der Waals surface area (Å²) < 4.78 is 0.807. The van der Waals surface area contributed by atoms with Gasteiger partial charge in [0.05, 0.1) is 0 Å². The van der Waals surface area contributed by atoms with Crippen molar-refractivity contribution in [1.29, 1.82) is 0 Å². The topological polar surface area (TPSA) is 37.8 Å². The van der Waals surface area contributed by atoms with E-state index >= 15 is 0 Å². The highest BCUT2D eigenvalue weighted by Gasteiger charge is 2.01. The van der Waals surface area contributed by atoms with Crippen molar-refractivity contribution in [2.24, 2.45) is 0 Å². The van der Waals surface area contributed by atoms with Crippen LogP contribution in [-0.2, 0) is 0 Å². The van der Waals surface area contributed by atoms with Crippen LogP contribution < -0.4 is 5.32 Å². The van der Waals surface area contributed by atoms with E-state index in [4.69, 9.17) is 0 Å². The van der Waals surface area contributed by atoms with Gasteiger partial charge in [0.2, 0.25) is 0 Å². The van der Waals surface area contributed by atoms with Gasteiger partial charge in [-0.2, -0.15) is 11.8 Å². The molecule has 0 aliphatic heterocycles. The average Bonchev–Trinajstić information content (AvgIpc) is 2.04. The molecular formula is C8H12BrN3S. The first-order valence-electron chi connectivity index (χ1n) is 3.95. The van der Waals surface area contributed by atoms with E-state index in [1.807, 2.05) is 17.8 Å². The summed E-state index contributed by atoms with van der Waals surface area (Å²) in [6.07, 6.45) is 3.63. The van der Waals surface area contributed by atoms with Gasteiger partial charge in [0.25, 0.3) is 0 Å². The molecule has 72 valence electrons. The molecule has 1 aromatic rings. The fraction of sp³-hybridized carbons (Fsp3) is 0.500. The Labute approximate surface area is 90.9 Å². The largest absolute Gasteiger partial charge is 0.367 e. The molecule has 0 aromatic carbocycles. The fourth-order valence-corrected chi connectivity index (χ4v) is 1.85. The molecule has 1 rings (SSSR count). The van der Waals surface area contributed by atoms with Gasteiger partial charge in [0.15, 0.2) is 0 Å². The molecule has 0 bridgehead atoms. The Bertz CT molecular complexity index is 269. The number of nitrogens with zero attached hydrogens (tertiary/aromatic N) is 2. The van der Waals surface area contributed by atoms with Crippen LogP contribution in [-0.4, -0.2) is 28.0 Å². The van der Waals surface area contributed by atoms with E-state index < -0.39 is 0 Å². The van der Waals surface area contributed by atoms with E-state index in [0.717, 1.165) is 16.2 Å². The molecule has 0 fully saturated rings. The molecule has 1 atom stereocenters. The quantitative estimate of drug-likeness (QED) is 0.845. The first kappa shape index (κ1) is 10.8. The van der Waals surface area contributed by atoms with Gasteiger partial charge in [-0.05, 0) is 29.1 Å². The number of thioether (sulfide) groups is 1. The molecule has 5 heteroatoms. The Morgan fingerprint density at radius 2 is 2.38 bits per heavy atom. The van der Waals surface area contributed by atoms with Crippen molar-refractivity contribution < 1.29 is 0 Å². The van der Waals surface area contributed by atoms with Crippen LogP contribution in [0.5, 0.6) is 0 Å². The number of halogens is 1. The SMILES string of the molecule is CSCC(C)Nc1cc(Br)ncn1. The smallest absolute Gasteiger partial charge is 0.130 e. The van der Waals surface area contributed by atoms with Gasteiger partial charge in [-0.15, -0.1) is 0 Å². The fourth-order valence-electron chi connectivity index (χ4n) is 0.957. The lowest BCUT2D eigenvalue weighted by molar-refractivity contribution is 0.898. The first-order valence-corrected chi connectivity index (χ1v) is 6.14. The highest BCUT2D eigenvalue weighted by molar-refractivity contribution is 9.10. The highest BCUT2D eigenvalue weighted by atomic mass is 79.9.